The molecule has 0 radical (unpaired) electrons. The summed E-state index contributed by atoms with van der Waals surface area (Å²) >= 11 is 0. The van der Waals surface area contributed by atoms with Gasteiger partial charge in [-0.1, -0.05) is 50.0 Å². The molecule has 0 rings (SSSR count). The Labute approximate surface area is 104 Å². The van der Waals surface area contributed by atoms with Crippen molar-refractivity contribution in [3.05, 3.63) is 0 Å². The van der Waals surface area contributed by atoms with Crippen LogP contribution in [0, 0.1) is 10.8 Å². The first-order chi connectivity index (χ1) is 5.85. The van der Waals surface area contributed by atoms with Gasteiger partial charge in [0.2, 0.25) is 0 Å². The third-order valence-electron chi connectivity index (χ3n) is 3.72. The van der Waals surface area contributed by atoms with Crippen molar-refractivity contribution >= 4 is 5.97 Å². The molecule has 0 spiro atoms. The quantitative estimate of drug-likeness (QED) is 0.645. The smallest absolute Gasteiger partial charge is 0.312 e. The van der Waals surface area contributed by atoms with Crippen LogP contribution in [-0.4, -0.2) is 13.1 Å². The molecule has 0 bridgehead atoms. The van der Waals surface area contributed by atoms with E-state index in [1.807, 2.05) is 13.8 Å². The van der Waals surface area contributed by atoms with Crippen molar-refractivity contribution in [3.63, 3.8) is 0 Å². The summed E-state index contributed by atoms with van der Waals surface area (Å²) in [7, 11) is 1.46. The molecule has 0 heterocycles. The van der Waals surface area contributed by atoms with Gasteiger partial charge in [-0.15, -0.1) is 0 Å². The van der Waals surface area contributed by atoms with Gasteiger partial charge < -0.3 is 4.74 Å². The Hall–Kier alpha value is -0.530. The van der Waals surface area contributed by atoms with E-state index in [9.17, 15) is 4.79 Å². The molecule has 0 aromatic rings. The number of hydrogen-bond acceptors (Lipinski definition) is 2. The molecule has 0 aliphatic heterocycles. The summed E-state index contributed by atoms with van der Waals surface area (Å²) in [6.45, 7) is 10.4. The second kappa shape index (κ2) is 8.60. The lowest BCUT2D eigenvalue weighted by Crippen LogP contribution is -2.42. The molecular weight excluding hydrogens is 200 g/mol. The third-order valence-corrected chi connectivity index (χ3v) is 3.72. The molecule has 0 aliphatic carbocycles. The minimum atomic E-state index is -0.365. The highest BCUT2D eigenvalue weighted by Gasteiger charge is 2.45. The maximum Gasteiger partial charge on any atom is 0.312 e. The van der Waals surface area contributed by atoms with E-state index in [2.05, 4.69) is 20.8 Å². The predicted molar refractivity (Wildman–Crippen MR) is 74.7 cm³/mol. The van der Waals surface area contributed by atoms with E-state index >= 15 is 0 Å². The molecule has 0 amide bonds. The highest BCUT2D eigenvalue weighted by Crippen LogP contribution is 2.44. The highest BCUT2D eigenvalue weighted by atomic mass is 16.5. The van der Waals surface area contributed by atoms with E-state index in [4.69, 9.17) is 4.74 Å². The number of hydrogen-bond donors (Lipinski definition) is 0. The van der Waals surface area contributed by atoms with Gasteiger partial charge in [-0.3, -0.25) is 4.79 Å². The Morgan fingerprint density at radius 3 is 1.56 bits per heavy atom. The van der Waals surface area contributed by atoms with Crippen molar-refractivity contribution in [1.29, 1.82) is 0 Å². The lowest BCUT2D eigenvalue weighted by atomic mass is 9.64. The molecule has 0 N–H and O–H groups in total. The van der Waals surface area contributed by atoms with Crippen molar-refractivity contribution in [3.8, 4) is 0 Å². The van der Waals surface area contributed by atoms with Crippen LogP contribution in [-0.2, 0) is 9.53 Å². The van der Waals surface area contributed by atoms with Crippen LogP contribution in [0.4, 0.5) is 0 Å². The molecular formula is C14H34O2. The number of esters is 1. The van der Waals surface area contributed by atoms with Crippen molar-refractivity contribution in [1.82, 2.24) is 0 Å². The Balaban J connectivity index is -0.000000240. The zero-order chi connectivity index (χ0) is 10.7. The van der Waals surface area contributed by atoms with Crippen molar-refractivity contribution in [2.24, 2.45) is 10.8 Å². The standard InChI is InChI=1S/C11H22O2.3CH4/c1-7-10(3,4)11(5,8-2)9(12)13-6;;;/h7-8H2,1-6H3;3*1H4. The molecule has 2 heteroatoms. The third kappa shape index (κ3) is 4.15. The Kier molecular flexibility index (Phi) is 13.2. The summed E-state index contributed by atoms with van der Waals surface area (Å²) in [5.41, 5.74) is -0.370. The van der Waals surface area contributed by atoms with Gasteiger partial charge in [-0.05, 0) is 25.2 Å². The fraction of sp³-hybridized carbons (Fsp3) is 0.929. The normalized spacial score (nSPS) is 13.4. The fourth-order valence-electron chi connectivity index (χ4n) is 1.51. The van der Waals surface area contributed by atoms with Gasteiger partial charge in [0.25, 0.3) is 0 Å². The van der Waals surface area contributed by atoms with Gasteiger partial charge in [0.05, 0.1) is 12.5 Å². The second-order valence-corrected chi connectivity index (χ2v) is 4.41. The first kappa shape index (κ1) is 24.6. The van der Waals surface area contributed by atoms with Gasteiger partial charge in [0.15, 0.2) is 0 Å². The number of ether oxygens (including phenoxy) is 1. The molecule has 0 aromatic heterocycles. The molecule has 0 fully saturated rings. The first-order valence-corrected chi connectivity index (χ1v) is 4.94. The van der Waals surface area contributed by atoms with Gasteiger partial charge in [0, 0.05) is 0 Å². The Morgan fingerprint density at radius 1 is 1.00 bits per heavy atom. The van der Waals surface area contributed by atoms with Crippen LogP contribution in [0.5, 0.6) is 0 Å². The van der Waals surface area contributed by atoms with Crippen LogP contribution in [0.3, 0.4) is 0 Å². The van der Waals surface area contributed by atoms with E-state index < -0.39 is 0 Å². The Morgan fingerprint density at radius 2 is 1.38 bits per heavy atom. The van der Waals surface area contributed by atoms with Crippen LogP contribution in [0.15, 0.2) is 0 Å². The van der Waals surface area contributed by atoms with Crippen LogP contribution in [0.2, 0.25) is 0 Å². The zero-order valence-corrected chi connectivity index (χ0v) is 9.73. The molecule has 16 heavy (non-hydrogen) atoms. The fourth-order valence-corrected chi connectivity index (χ4v) is 1.51. The minimum Gasteiger partial charge on any atom is -0.469 e. The monoisotopic (exact) mass is 234 g/mol. The van der Waals surface area contributed by atoms with Crippen molar-refractivity contribution in [2.75, 3.05) is 7.11 Å². The molecule has 0 aromatic carbocycles. The Bertz CT molecular complexity index is 185. The summed E-state index contributed by atoms with van der Waals surface area (Å²) in [6.07, 6.45) is 1.80. The second-order valence-electron chi connectivity index (χ2n) is 4.41. The van der Waals surface area contributed by atoms with E-state index in [0.717, 1.165) is 12.8 Å². The summed E-state index contributed by atoms with van der Waals surface area (Å²) in [5, 5.41) is 0. The van der Waals surface area contributed by atoms with E-state index in [-0.39, 0.29) is 39.1 Å². The molecule has 102 valence electrons. The van der Waals surface area contributed by atoms with Gasteiger partial charge in [-0.25, -0.2) is 0 Å². The molecule has 1 unspecified atom stereocenters. The molecule has 0 aliphatic rings. The lowest BCUT2D eigenvalue weighted by molar-refractivity contribution is -0.160. The minimum absolute atomic E-state index is 0. The van der Waals surface area contributed by atoms with E-state index in [1.54, 1.807) is 0 Å². The van der Waals surface area contributed by atoms with Gasteiger partial charge in [0.1, 0.15) is 0 Å². The SMILES string of the molecule is C.C.C.CCC(C)(C)C(C)(CC)C(=O)OC. The predicted octanol–water partition coefficient (Wildman–Crippen LogP) is 4.92. The number of carbonyl (C=O) groups excluding carboxylic acids is 1. The van der Waals surface area contributed by atoms with E-state index in [0.29, 0.717) is 0 Å². The van der Waals surface area contributed by atoms with Gasteiger partial charge >= 0.3 is 5.97 Å². The maximum atomic E-state index is 11.6. The maximum absolute atomic E-state index is 11.6. The van der Waals surface area contributed by atoms with Crippen LogP contribution in [0.1, 0.15) is 69.7 Å². The number of methoxy groups -OCH3 is 1. The average molecular weight is 234 g/mol. The highest BCUT2D eigenvalue weighted by molar-refractivity contribution is 5.77. The zero-order valence-electron chi connectivity index (χ0n) is 9.73. The summed E-state index contributed by atoms with van der Waals surface area (Å²) < 4.78 is 4.86. The van der Waals surface area contributed by atoms with Crippen LogP contribution < -0.4 is 0 Å². The number of rotatable bonds is 4. The van der Waals surface area contributed by atoms with E-state index in [1.165, 1.54) is 7.11 Å². The van der Waals surface area contributed by atoms with Crippen LogP contribution in [0.25, 0.3) is 0 Å². The van der Waals surface area contributed by atoms with Gasteiger partial charge in [-0.2, -0.15) is 0 Å². The molecule has 0 saturated heterocycles. The molecule has 0 saturated carbocycles. The summed E-state index contributed by atoms with van der Waals surface area (Å²) in [4.78, 5) is 11.6. The van der Waals surface area contributed by atoms with Crippen molar-refractivity contribution in [2.45, 2.75) is 69.7 Å². The van der Waals surface area contributed by atoms with Crippen LogP contribution >= 0.6 is 0 Å². The largest absolute Gasteiger partial charge is 0.469 e. The van der Waals surface area contributed by atoms with Crippen molar-refractivity contribution < 1.29 is 9.53 Å². The summed E-state index contributed by atoms with van der Waals surface area (Å²) in [5.74, 6) is -0.0955. The topological polar surface area (TPSA) is 26.3 Å². The average Bonchev–Trinajstić information content (AvgIpc) is 2.14. The number of carbonyl (C=O) groups is 1. The molecule has 2 nitrogen and oxygen atoms in total. The summed E-state index contributed by atoms with van der Waals surface area (Å²) in [6, 6.07) is 0. The molecule has 1 atom stereocenters. The first-order valence-electron chi connectivity index (χ1n) is 4.94. The lowest BCUT2D eigenvalue weighted by Gasteiger charge is -2.40.